The zero-order valence-electron chi connectivity index (χ0n) is 15.7. The van der Waals surface area contributed by atoms with Crippen LogP contribution < -0.4 is 20.1 Å². The van der Waals surface area contributed by atoms with Crippen molar-refractivity contribution < 1.29 is 19.0 Å². The topological polar surface area (TPSA) is 86.6 Å². The zero-order chi connectivity index (χ0) is 19.1. The van der Waals surface area contributed by atoms with E-state index in [1.807, 2.05) is 24.4 Å². The lowest BCUT2D eigenvalue weighted by Gasteiger charge is -2.22. The normalized spacial score (nSPS) is 16.6. The maximum atomic E-state index is 12.1. The Balaban J connectivity index is 1.48. The van der Waals surface area contributed by atoms with Gasteiger partial charge in [-0.05, 0) is 37.0 Å². The molecule has 146 valence electrons. The second-order valence-electron chi connectivity index (χ2n) is 6.44. The van der Waals surface area contributed by atoms with Crippen molar-refractivity contribution in [3.63, 3.8) is 0 Å². The molecule has 1 saturated heterocycles. The molecule has 1 atom stereocenters. The molecular formula is C19H26N4O4. The van der Waals surface area contributed by atoms with Crippen molar-refractivity contribution in [2.75, 3.05) is 26.1 Å². The second-order valence-corrected chi connectivity index (χ2v) is 6.44. The largest absolute Gasteiger partial charge is 0.493 e. The molecule has 0 saturated carbocycles. The number of ether oxygens (including phenoxy) is 3. The van der Waals surface area contributed by atoms with E-state index in [4.69, 9.17) is 14.2 Å². The number of carbonyl (C=O) groups is 1. The quantitative estimate of drug-likeness (QED) is 0.778. The number of aromatic nitrogens is 2. The fourth-order valence-corrected chi connectivity index (χ4v) is 3.04. The molecule has 2 amide bonds. The van der Waals surface area contributed by atoms with E-state index in [1.165, 1.54) is 6.42 Å². The monoisotopic (exact) mass is 374 g/mol. The minimum Gasteiger partial charge on any atom is -0.493 e. The average molecular weight is 374 g/mol. The van der Waals surface area contributed by atoms with Gasteiger partial charge < -0.3 is 24.8 Å². The van der Waals surface area contributed by atoms with Crippen LogP contribution in [0.1, 0.15) is 24.8 Å². The second kappa shape index (κ2) is 9.27. The number of carbonyl (C=O) groups excluding carboxylic acids is 1. The van der Waals surface area contributed by atoms with Crippen molar-refractivity contribution in [2.24, 2.45) is 0 Å². The first-order valence-corrected chi connectivity index (χ1v) is 9.07. The Kier molecular flexibility index (Phi) is 6.54. The van der Waals surface area contributed by atoms with Gasteiger partial charge in [0.15, 0.2) is 11.5 Å². The van der Waals surface area contributed by atoms with Crippen molar-refractivity contribution in [1.29, 1.82) is 0 Å². The number of nitrogens with one attached hydrogen (secondary N) is 2. The van der Waals surface area contributed by atoms with E-state index in [9.17, 15) is 4.79 Å². The number of anilines is 1. The molecule has 1 aliphatic heterocycles. The summed E-state index contributed by atoms with van der Waals surface area (Å²) in [4.78, 5) is 12.1. The van der Waals surface area contributed by atoms with E-state index >= 15 is 0 Å². The Morgan fingerprint density at radius 2 is 2.15 bits per heavy atom. The maximum Gasteiger partial charge on any atom is 0.319 e. The first-order valence-electron chi connectivity index (χ1n) is 9.07. The van der Waals surface area contributed by atoms with E-state index in [1.54, 1.807) is 25.1 Å². The van der Waals surface area contributed by atoms with Crippen LogP contribution in [0.15, 0.2) is 30.6 Å². The summed E-state index contributed by atoms with van der Waals surface area (Å²) in [6.07, 6.45) is 7.02. The highest BCUT2D eigenvalue weighted by atomic mass is 16.5. The molecule has 1 fully saturated rings. The Morgan fingerprint density at radius 1 is 1.30 bits per heavy atom. The smallest absolute Gasteiger partial charge is 0.319 e. The molecule has 0 radical (unpaired) electrons. The lowest BCUT2D eigenvalue weighted by atomic mass is 10.1. The summed E-state index contributed by atoms with van der Waals surface area (Å²) in [5.74, 6) is 1.28. The van der Waals surface area contributed by atoms with Crippen LogP contribution in [-0.4, -0.2) is 42.7 Å². The summed E-state index contributed by atoms with van der Waals surface area (Å²) in [6.45, 7) is 1.89. The summed E-state index contributed by atoms with van der Waals surface area (Å²) < 4.78 is 18.0. The van der Waals surface area contributed by atoms with E-state index in [0.29, 0.717) is 30.3 Å². The third-order valence-electron chi connectivity index (χ3n) is 4.46. The molecule has 0 aliphatic carbocycles. The summed E-state index contributed by atoms with van der Waals surface area (Å²) >= 11 is 0. The number of urea groups is 1. The van der Waals surface area contributed by atoms with Crippen LogP contribution in [0, 0.1) is 0 Å². The van der Waals surface area contributed by atoms with Crippen molar-refractivity contribution in [2.45, 2.75) is 38.5 Å². The number of nitrogens with zero attached hydrogens (tertiary/aromatic N) is 2. The van der Waals surface area contributed by atoms with Crippen LogP contribution in [0.2, 0.25) is 0 Å². The fraction of sp³-hybridized carbons (Fsp3) is 0.474. The molecule has 1 unspecified atom stereocenters. The van der Waals surface area contributed by atoms with Crippen molar-refractivity contribution >= 4 is 11.7 Å². The van der Waals surface area contributed by atoms with Gasteiger partial charge in [0, 0.05) is 19.3 Å². The van der Waals surface area contributed by atoms with Gasteiger partial charge in [0.2, 0.25) is 0 Å². The number of benzene rings is 1. The van der Waals surface area contributed by atoms with Crippen LogP contribution in [0.25, 0.3) is 0 Å². The third kappa shape index (κ3) is 5.37. The van der Waals surface area contributed by atoms with E-state index < -0.39 is 0 Å². The van der Waals surface area contributed by atoms with E-state index in [0.717, 1.165) is 25.0 Å². The molecule has 27 heavy (non-hydrogen) atoms. The minimum absolute atomic E-state index is 0.199. The van der Waals surface area contributed by atoms with Gasteiger partial charge in [-0.25, -0.2) is 4.79 Å². The molecule has 0 spiro atoms. The van der Waals surface area contributed by atoms with Gasteiger partial charge >= 0.3 is 6.03 Å². The first kappa shape index (κ1) is 19.0. The highest BCUT2D eigenvalue weighted by Crippen LogP contribution is 2.27. The molecule has 2 N–H and O–H groups in total. The Hall–Kier alpha value is -2.74. The number of amides is 2. The van der Waals surface area contributed by atoms with Gasteiger partial charge in [-0.2, -0.15) is 5.10 Å². The molecule has 1 aliphatic rings. The zero-order valence-corrected chi connectivity index (χ0v) is 15.7. The first-order chi connectivity index (χ1) is 13.2. The molecular weight excluding hydrogens is 348 g/mol. The van der Waals surface area contributed by atoms with E-state index in [2.05, 4.69) is 15.7 Å². The molecule has 1 aromatic heterocycles. The summed E-state index contributed by atoms with van der Waals surface area (Å²) in [7, 11) is 3.17. The Morgan fingerprint density at radius 3 is 2.89 bits per heavy atom. The Bertz CT molecular complexity index is 756. The van der Waals surface area contributed by atoms with Crippen LogP contribution in [0.3, 0.4) is 0 Å². The summed E-state index contributed by atoms with van der Waals surface area (Å²) in [5.41, 5.74) is 1.56. The van der Waals surface area contributed by atoms with Gasteiger partial charge in [-0.1, -0.05) is 6.07 Å². The minimum atomic E-state index is -0.293. The molecule has 1 aromatic carbocycles. The van der Waals surface area contributed by atoms with Crippen LogP contribution in [0.4, 0.5) is 10.5 Å². The molecule has 8 heteroatoms. The van der Waals surface area contributed by atoms with E-state index in [-0.39, 0.29) is 12.1 Å². The van der Waals surface area contributed by atoms with Crippen LogP contribution >= 0.6 is 0 Å². The van der Waals surface area contributed by atoms with Crippen molar-refractivity contribution in [1.82, 2.24) is 15.1 Å². The van der Waals surface area contributed by atoms with Gasteiger partial charge in [-0.15, -0.1) is 0 Å². The van der Waals surface area contributed by atoms with Crippen molar-refractivity contribution in [3.05, 3.63) is 36.2 Å². The van der Waals surface area contributed by atoms with Crippen LogP contribution in [0.5, 0.6) is 11.5 Å². The van der Waals surface area contributed by atoms with Gasteiger partial charge in [-0.3, -0.25) is 4.68 Å². The molecule has 8 nitrogen and oxygen atoms in total. The number of hydrogen-bond donors (Lipinski definition) is 2. The molecule has 2 heterocycles. The molecule has 2 aromatic rings. The lowest BCUT2D eigenvalue weighted by Crippen LogP contribution is -2.28. The standard InChI is InChI=1S/C19H26N4O4/c1-25-17-7-6-14(9-18(17)26-2)10-20-19(24)22-15-11-21-23(12-15)13-16-5-3-4-8-27-16/h6-7,9,11-12,16H,3-5,8,10,13H2,1-2H3,(H2,20,22,24). The lowest BCUT2D eigenvalue weighted by molar-refractivity contribution is 0.00400. The Labute approximate surface area is 158 Å². The highest BCUT2D eigenvalue weighted by Gasteiger charge is 2.15. The fourth-order valence-electron chi connectivity index (χ4n) is 3.04. The number of methoxy groups -OCH3 is 2. The average Bonchev–Trinajstić information content (AvgIpc) is 3.13. The number of hydrogen-bond acceptors (Lipinski definition) is 5. The predicted molar refractivity (Wildman–Crippen MR) is 101 cm³/mol. The highest BCUT2D eigenvalue weighted by molar-refractivity contribution is 5.88. The number of rotatable bonds is 7. The summed E-state index contributed by atoms with van der Waals surface area (Å²) in [6, 6.07) is 5.23. The maximum absolute atomic E-state index is 12.1. The van der Waals surface area contributed by atoms with Crippen molar-refractivity contribution in [3.8, 4) is 11.5 Å². The van der Waals surface area contributed by atoms with Gasteiger partial charge in [0.1, 0.15) is 0 Å². The van der Waals surface area contributed by atoms with Gasteiger partial charge in [0.25, 0.3) is 0 Å². The molecule has 0 bridgehead atoms. The van der Waals surface area contributed by atoms with Crippen LogP contribution in [-0.2, 0) is 17.8 Å². The molecule has 3 rings (SSSR count). The SMILES string of the molecule is COc1ccc(CNC(=O)Nc2cnn(CC3CCCCO3)c2)cc1OC. The summed E-state index contributed by atoms with van der Waals surface area (Å²) in [5, 5.41) is 9.90. The predicted octanol–water partition coefficient (Wildman–Crippen LogP) is 2.79. The third-order valence-corrected chi connectivity index (χ3v) is 4.46. The van der Waals surface area contributed by atoms with Gasteiger partial charge in [0.05, 0.1) is 38.8 Å².